The van der Waals surface area contributed by atoms with Crippen molar-refractivity contribution in [2.24, 2.45) is 4.99 Å². The van der Waals surface area contributed by atoms with Crippen LogP contribution in [0.5, 0.6) is 5.75 Å². The van der Waals surface area contributed by atoms with E-state index in [1.165, 1.54) is 12.1 Å². The van der Waals surface area contributed by atoms with Crippen molar-refractivity contribution in [3.05, 3.63) is 29.6 Å². The van der Waals surface area contributed by atoms with Crippen LogP contribution < -0.4 is 10.1 Å². The molecule has 100 valence electrons. The molecule has 18 heavy (non-hydrogen) atoms. The predicted octanol–water partition coefficient (Wildman–Crippen LogP) is 1.84. The van der Waals surface area contributed by atoms with Gasteiger partial charge >= 0.3 is 0 Å². The van der Waals surface area contributed by atoms with Crippen LogP contribution in [0.2, 0.25) is 0 Å². The van der Waals surface area contributed by atoms with E-state index >= 15 is 0 Å². The van der Waals surface area contributed by atoms with Gasteiger partial charge < -0.3 is 15.0 Å². The average Bonchev–Trinajstić information content (AvgIpc) is 2.72. The van der Waals surface area contributed by atoms with Gasteiger partial charge in [0.25, 0.3) is 0 Å². The zero-order chi connectivity index (χ0) is 12.3. The number of hydrogen-bond acceptors (Lipinski definition) is 4. The first-order valence-electron chi connectivity index (χ1n) is 5.52. The molecular weight excluding hydrogens is 348 g/mol. The van der Waals surface area contributed by atoms with E-state index in [-0.39, 0.29) is 29.8 Å². The van der Waals surface area contributed by atoms with Crippen molar-refractivity contribution in [1.29, 1.82) is 0 Å². The third-order valence-corrected chi connectivity index (χ3v) is 2.74. The van der Waals surface area contributed by atoms with E-state index in [1.54, 1.807) is 13.2 Å². The fourth-order valence-electron chi connectivity index (χ4n) is 1.78. The van der Waals surface area contributed by atoms with Gasteiger partial charge in [-0.2, -0.15) is 0 Å². The van der Waals surface area contributed by atoms with Crippen molar-refractivity contribution < 1.29 is 9.13 Å². The van der Waals surface area contributed by atoms with Crippen molar-refractivity contribution >= 4 is 29.9 Å². The molecule has 1 aliphatic rings. The van der Waals surface area contributed by atoms with Gasteiger partial charge in [-0.1, -0.05) is 0 Å². The molecule has 0 saturated carbocycles. The van der Waals surface area contributed by atoms with Gasteiger partial charge in [-0.05, 0) is 18.2 Å². The van der Waals surface area contributed by atoms with E-state index in [2.05, 4.69) is 10.3 Å². The highest BCUT2D eigenvalue weighted by atomic mass is 127. The number of nitrogens with one attached hydrogen (secondary N) is 1. The smallest absolute Gasteiger partial charge is 0.194 e. The Balaban J connectivity index is 0.00000162. The van der Waals surface area contributed by atoms with Crippen LogP contribution in [0, 0.1) is 5.82 Å². The third kappa shape index (κ3) is 3.47. The van der Waals surface area contributed by atoms with Crippen LogP contribution >= 0.6 is 24.0 Å². The lowest BCUT2D eigenvalue weighted by Gasteiger charge is -2.16. The summed E-state index contributed by atoms with van der Waals surface area (Å²) in [5, 5.41) is 3.18. The molecule has 1 heterocycles. The maximum Gasteiger partial charge on any atom is 0.194 e. The highest BCUT2D eigenvalue weighted by Crippen LogP contribution is 2.19. The quantitative estimate of drug-likeness (QED) is 0.831. The zero-order valence-electron chi connectivity index (χ0n) is 10.4. The summed E-state index contributed by atoms with van der Waals surface area (Å²) >= 11 is 0. The number of halogens is 2. The Morgan fingerprint density at radius 3 is 2.89 bits per heavy atom. The molecule has 0 aliphatic carbocycles. The summed E-state index contributed by atoms with van der Waals surface area (Å²) in [6.07, 6.45) is 0. The second-order valence-corrected chi connectivity index (χ2v) is 3.94. The number of likely N-dealkylation sites (N-methyl/N-ethyl adjacent to an activating group) is 1. The molecule has 6 heteroatoms. The summed E-state index contributed by atoms with van der Waals surface area (Å²) in [6.45, 7) is 2.23. The molecular formula is C12H17FIN3O. The normalized spacial score (nSPS) is 13.9. The topological polar surface area (TPSA) is 36.9 Å². The molecule has 0 saturated heterocycles. The Morgan fingerprint density at radius 2 is 2.28 bits per heavy atom. The molecule has 0 spiro atoms. The van der Waals surface area contributed by atoms with Crippen LogP contribution in [0.3, 0.4) is 0 Å². The number of guanidine groups is 1. The molecule has 1 aromatic rings. The number of methoxy groups -OCH3 is 1. The summed E-state index contributed by atoms with van der Waals surface area (Å²) < 4.78 is 18.3. The highest BCUT2D eigenvalue weighted by Gasteiger charge is 2.12. The van der Waals surface area contributed by atoms with Gasteiger partial charge in [0.05, 0.1) is 13.7 Å². The van der Waals surface area contributed by atoms with Crippen LogP contribution in [-0.4, -0.2) is 38.1 Å². The monoisotopic (exact) mass is 365 g/mol. The van der Waals surface area contributed by atoms with Crippen LogP contribution in [0.15, 0.2) is 23.2 Å². The van der Waals surface area contributed by atoms with Crippen LogP contribution in [0.1, 0.15) is 5.56 Å². The summed E-state index contributed by atoms with van der Waals surface area (Å²) in [4.78, 5) is 6.34. The number of hydrogen-bond donors (Lipinski definition) is 1. The largest absolute Gasteiger partial charge is 0.496 e. The fraction of sp³-hybridized carbons (Fsp3) is 0.417. The molecule has 1 N–H and O–H groups in total. The predicted molar refractivity (Wildman–Crippen MR) is 80.1 cm³/mol. The molecule has 1 aliphatic heterocycles. The lowest BCUT2D eigenvalue weighted by atomic mass is 10.2. The number of rotatable bonds is 3. The van der Waals surface area contributed by atoms with Crippen LogP contribution in [0.25, 0.3) is 0 Å². The standard InChI is InChI=1S/C12H16FN3O.HI/c1-16-6-5-14-12(16)15-8-9-7-10(13)3-4-11(9)17-2;/h3-4,7H,5-6,8H2,1-2H3,(H,14,15);1H. The van der Waals surface area contributed by atoms with Crippen molar-refractivity contribution in [3.8, 4) is 5.75 Å². The first-order chi connectivity index (χ1) is 8.20. The zero-order valence-corrected chi connectivity index (χ0v) is 12.8. The van der Waals surface area contributed by atoms with Gasteiger partial charge in [-0.3, -0.25) is 4.99 Å². The van der Waals surface area contributed by atoms with E-state index in [0.717, 1.165) is 24.6 Å². The minimum Gasteiger partial charge on any atom is -0.496 e. The first-order valence-corrected chi connectivity index (χ1v) is 5.52. The number of nitrogens with zero attached hydrogens (tertiary/aromatic N) is 2. The van der Waals surface area contributed by atoms with Gasteiger partial charge in [0.1, 0.15) is 11.6 Å². The second kappa shape index (κ2) is 6.77. The molecule has 2 rings (SSSR count). The molecule has 0 amide bonds. The van der Waals surface area contributed by atoms with E-state index in [9.17, 15) is 4.39 Å². The number of ether oxygens (including phenoxy) is 1. The van der Waals surface area contributed by atoms with Crippen LogP contribution in [-0.2, 0) is 6.54 Å². The van der Waals surface area contributed by atoms with E-state index < -0.39 is 0 Å². The Hall–Kier alpha value is -1.05. The summed E-state index contributed by atoms with van der Waals surface area (Å²) in [5.74, 6) is 1.26. The minimum atomic E-state index is -0.260. The highest BCUT2D eigenvalue weighted by molar-refractivity contribution is 14.0. The molecule has 0 fully saturated rings. The van der Waals surface area contributed by atoms with Crippen molar-refractivity contribution in [3.63, 3.8) is 0 Å². The molecule has 1 aromatic carbocycles. The Labute approximate surface area is 123 Å². The molecule has 0 atom stereocenters. The lowest BCUT2D eigenvalue weighted by Crippen LogP contribution is -2.35. The Kier molecular flexibility index (Phi) is 5.64. The van der Waals surface area contributed by atoms with Gasteiger partial charge in [-0.25, -0.2) is 4.39 Å². The lowest BCUT2D eigenvalue weighted by molar-refractivity contribution is 0.407. The second-order valence-electron chi connectivity index (χ2n) is 3.94. The fourth-order valence-corrected chi connectivity index (χ4v) is 1.78. The Bertz CT molecular complexity index is 439. The summed E-state index contributed by atoms with van der Waals surface area (Å²) in [5.41, 5.74) is 0.788. The van der Waals surface area contributed by atoms with Gasteiger partial charge in [-0.15, -0.1) is 24.0 Å². The molecule has 0 radical (unpaired) electrons. The Morgan fingerprint density at radius 1 is 1.50 bits per heavy atom. The minimum absolute atomic E-state index is 0. The van der Waals surface area contributed by atoms with E-state index in [0.29, 0.717) is 12.3 Å². The number of benzene rings is 1. The third-order valence-electron chi connectivity index (χ3n) is 2.74. The summed E-state index contributed by atoms with van der Waals surface area (Å²) in [7, 11) is 3.55. The molecule has 4 nitrogen and oxygen atoms in total. The molecule has 0 bridgehead atoms. The molecule has 0 aromatic heterocycles. The summed E-state index contributed by atoms with van der Waals surface area (Å²) in [6, 6.07) is 4.50. The van der Waals surface area contributed by atoms with E-state index in [4.69, 9.17) is 4.74 Å². The first kappa shape index (κ1) is 15.0. The molecule has 0 unspecified atom stereocenters. The maximum absolute atomic E-state index is 13.1. The van der Waals surface area contributed by atoms with Crippen molar-refractivity contribution in [2.75, 3.05) is 27.2 Å². The SMILES string of the molecule is COc1ccc(F)cc1CNC1=NCCN1C.I. The maximum atomic E-state index is 13.1. The number of aliphatic imine (C=N–C) groups is 1. The van der Waals surface area contributed by atoms with E-state index in [1.807, 2.05) is 11.9 Å². The van der Waals surface area contributed by atoms with Gasteiger partial charge in [0.2, 0.25) is 0 Å². The van der Waals surface area contributed by atoms with Gasteiger partial charge in [0, 0.05) is 25.7 Å². The van der Waals surface area contributed by atoms with Crippen LogP contribution in [0.4, 0.5) is 4.39 Å². The van der Waals surface area contributed by atoms with Crippen molar-refractivity contribution in [1.82, 2.24) is 10.2 Å². The van der Waals surface area contributed by atoms with Gasteiger partial charge in [0.15, 0.2) is 5.96 Å². The average molecular weight is 365 g/mol. The van der Waals surface area contributed by atoms with Crippen molar-refractivity contribution in [2.45, 2.75) is 6.54 Å².